The van der Waals surface area contributed by atoms with Crippen LogP contribution in [-0.4, -0.2) is 32.7 Å². The molecule has 3 heterocycles. The van der Waals surface area contributed by atoms with Gasteiger partial charge in [-0.2, -0.15) is 0 Å². The number of hydrogen-bond donors (Lipinski definition) is 2. The molecule has 0 aromatic carbocycles. The van der Waals surface area contributed by atoms with Gasteiger partial charge in [0.25, 0.3) is 0 Å². The van der Waals surface area contributed by atoms with Gasteiger partial charge in [-0.3, -0.25) is 5.32 Å². The van der Waals surface area contributed by atoms with Crippen molar-refractivity contribution >= 4 is 28.8 Å². The molecule has 1 aliphatic heterocycles. The van der Waals surface area contributed by atoms with E-state index in [4.69, 9.17) is 14.6 Å². The summed E-state index contributed by atoms with van der Waals surface area (Å²) in [6.07, 6.45) is 0.483. The zero-order chi connectivity index (χ0) is 18.4. The second-order valence-electron chi connectivity index (χ2n) is 6.82. The zero-order valence-corrected chi connectivity index (χ0v) is 14.4. The number of anilines is 1. The Morgan fingerprint density at radius 1 is 1.40 bits per heavy atom. The average Bonchev–Trinajstić information content (AvgIpc) is 2.87. The van der Waals surface area contributed by atoms with E-state index in [2.05, 4.69) is 15.3 Å². The van der Waals surface area contributed by atoms with E-state index < -0.39 is 17.7 Å². The summed E-state index contributed by atoms with van der Waals surface area (Å²) >= 11 is 0. The van der Waals surface area contributed by atoms with Crippen molar-refractivity contribution in [3.05, 3.63) is 29.1 Å². The molecule has 0 saturated heterocycles. The molecule has 0 fully saturated rings. The molecule has 2 N–H and O–H groups in total. The molecule has 0 radical (unpaired) electrons. The van der Waals surface area contributed by atoms with Gasteiger partial charge in [-0.1, -0.05) is 0 Å². The highest BCUT2D eigenvalue weighted by Crippen LogP contribution is 2.39. The number of hydrogen-bond acceptors (Lipinski definition) is 6. The molecular formula is C17H19N3O5. The Bertz CT molecular complexity index is 873. The van der Waals surface area contributed by atoms with Gasteiger partial charge in [0.2, 0.25) is 0 Å². The van der Waals surface area contributed by atoms with E-state index in [1.54, 1.807) is 20.8 Å². The molecule has 1 unspecified atom stereocenters. The lowest BCUT2D eigenvalue weighted by Gasteiger charge is -2.20. The summed E-state index contributed by atoms with van der Waals surface area (Å²) in [5.74, 6) is -0.773. The monoisotopic (exact) mass is 345 g/mol. The number of nitrogens with zero attached hydrogens (tertiary/aromatic N) is 2. The predicted octanol–water partition coefficient (Wildman–Crippen LogP) is 3.27. The molecule has 25 heavy (non-hydrogen) atoms. The Morgan fingerprint density at radius 3 is 2.76 bits per heavy atom. The van der Waals surface area contributed by atoms with E-state index in [9.17, 15) is 9.59 Å². The number of carboxylic acids is 1. The molecular weight excluding hydrogens is 326 g/mol. The molecule has 1 atom stereocenters. The topological polar surface area (TPSA) is 111 Å². The molecule has 0 bridgehead atoms. The molecule has 0 aliphatic carbocycles. The molecule has 1 aliphatic rings. The number of ether oxygens (including phenoxy) is 2. The summed E-state index contributed by atoms with van der Waals surface area (Å²) < 4.78 is 10.9. The number of aromatic carboxylic acids is 1. The molecule has 132 valence electrons. The van der Waals surface area contributed by atoms with Crippen molar-refractivity contribution in [3.63, 3.8) is 0 Å². The van der Waals surface area contributed by atoms with Crippen LogP contribution in [-0.2, 0) is 16.1 Å². The number of amides is 1. The zero-order valence-electron chi connectivity index (χ0n) is 14.4. The van der Waals surface area contributed by atoms with Gasteiger partial charge < -0.3 is 14.6 Å². The predicted molar refractivity (Wildman–Crippen MR) is 89.6 cm³/mol. The molecule has 8 nitrogen and oxygen atoms in total. The SMILES string of the molecule is CC1OCc2c1c(NC(=O)OC(C)(C)C)nc1cnc(C(=O)O)cc21. The summed E-state index contributed by atoms with van der Waals surface area (Å²) in [6, 6.07) is 1.47. The van der Waals surface area contributed by atoms with E-state index in [1.807, 2.05) is 6.92 Å². The van der Waals surface area contributed by atoms with Crippen LogP contribution in [0.1, 0.15) is 55.4 Å². The van der Waals surface area contributed by atoms with Gasteiger partial charge in [-0.25, -0.2) is 19.6 Å². The Hall–Kier alpha value is -2.74. The van der Waals surface area contributed by atoms with Crippen molar-refractivity contribution in [3.8, 4) is 0 Å². The lowest BCUT2D eigenvalue weighted by atomic mass is 10.0. The summed E-state index contributed by atoms with van der Waals surface area (Å²) in [5.41, 5.74) is 1.30. The van der Waals surface area contributed by atoms with Crippen molar-refractivity contribution in [1.29, 1.82) is 0 Å². The molecule has 2 aromatic heterocycles. The Kier molecular flexibility index (Phi) is 4.08. The molecule has 1 amide bonds. The maximum atomic E-state index is 12.1. The van der Waals surface area contributed by atoms with Crippen molar-refractivity contribution in [2.24, 2.45) is 0 Å². The first-order valence-electron chi connectivity index (χ1n) is 7.83. The largest absolute Gasteiger partial charge is 0.477 e. The molecule has 0 spiro atoms. The number of rotatable bonds is 2. The fourth-order valence-corrected chi connectivity index (χ4v) is 2.75. The van der Waals surface area contributed by atoms with Crippen LogP contribution in [0.2, 0.25) is 0 Å². The third-order valence-electron chi connectivity index (χ3n) is 3.74. The van der Waals surface area contributed by atoms with E-state index in [-0.39, 0.29) is 11.8 Å². The minimum atomic E-state index is -1.11. The maximum absolute atomic E-state index is 12.1. The number of carbonyl (C=O) groups excluding carboxylic acids is 1. The van der Waals surface area contributed by atoms with Crippen LogP contribution in [0.3, 0.4) is 0 Å². The highest BCUT2D eigenvalue weighted by Gasteiger charge is 2.29. The highest BCUT2D eigenvalue weighted by molar-refractivity contribution is 5.95. The van der Waals surface area contributed by atoms with Crippen LogP contribution in [0.5, 0.6) is 0 Å². The number of pyridine rings is 2. The van der Waals surface area contributed by atoms with E-state index in [1.165, 1.54) is 12.3 Å². The third kappa shape index (κ3) is 3.39. The van der Waals surface area contributed by atoms with E-state index >= 15 is 0 Å². The van der Waals surface area contributed by atoms with Crippen molar-refractivity contribution < 1.29 is 24.2 Å². The lowest BCUT2D eigenvalue weighted by molar-refractivity contribution is 0.0631. The highest BCUT2D eigenvalue weighted by atomic mass is 16.6. The quantitative estimate of drug-likeness (QED) is 0.859. The summed E-state index contributed by atoms with van der Waals surface area (Å²) in [4.78, 5) is 31.6. The van der Waals surface area contributed by atoms with Crippen LogP contribution in [0, 0.1) is 0 Å². The summed E-state index contributed by atoms with van der Waals surface area (Å²) in [5, 5.41) is 12.5. The fourth-order valence-electron chi connectivity index (χ4n) is 2.75. The first-order chi connectivity index (χ1) is 11.7. The van der Waals surface area contributed by atoms with Gasteiger partial charge in [-0.05, 0) is 39.3 Å². The standard InChI is InChI=1S/C17H19N3O5/c1-8-13-10(7-24-8)9-5-11(15(21)22)18-6-12(9)19-14(13)20-16(23)25-17(2,3)4/h5-6,8H,7H2,1-4H3,(H,21,22)(H,19,20,23). The lowest BCUT2D eigenvalue weighted by Crippen LogP contribution is -2.28. The number of nitrogens with one attached hydrogen (secondary N) is 1. The van der Waals surface area contributed by atoms with E-state index in [0.29, 0.717) is 23.3 Å². The van der Waals surface area contributed by atoms with Crippen molar-refractivity contribution in [2.75, 3.05) is 5.32 Å². The number of carboxylic acid groups (broad SMARTS) is 1. The van der Waals surface area contributed by atoms with Gasteiger partial charge >= 0.3 is 12.1 Å². The first kappa shape index (κ1) is 17.1. The minimum absolute atomic E-state index is 0.0658. The van der Waals surface area contributed by atoms with Crippen LogP contribution in [0.25, 0.3) is 10.9 Å². The van der Waals surface area contributed by atoms with Gasteiger partial charge in [0.15, 0.2) is 0 Å². The first-order valence-corrected chi connectivity index (χ1v) is 7.83. The second kappa shape index (κ2) is 5.96. The summed E-state index contributed by atoms with van der Waals surface area (Å²) in [6.45, 7) is 7.47. The van der Waals surface area contributed by atoms with Crippen molar-refractivity contribution in [2.45, 2.75) is 46.0 Å². The average molecular weight is 345 g/mol. The van der Waals surface area contributed by atoms with Gasteiger partial charge in [-0.15, -0.1) is 0 Å². The second-order valence-corrected chi connectivity index (χ2v) is 6.82. The van der Waals surface area contributed by atoms with Gasteiger partial charge in [0.1, 0.15) is 17.1 Å². The van der Waals surface area contributed by atoms with Crippen LogP contribution < -0.4 is 5.32 Å². The Labute approximate surface area is 144 Å². The third-order valence-corrected chi connectivity index (χ3v) is 3.74. The Balaban J connectivity index is 2.08. The van der Waals surface area contributed by atoms with Crippen molar-refractivity contribution in [1.82, 2.24) is 9.97 Å². The number of carbonyl (C=O) groups is 2. The molecule has 0 saturated carbocycles. The minimum Gasteiger partial charge on any atom is -0.477 e. The van der Waals surface area contributed by atoms with E-state index in [0.717, 1.165) is 11.1 Å². The van der Waals surface area contributed by atoms with Crippen LogP contribution in [0.15, 0.2) is 12.3 Å². The van der Waals surface area contributed by atoms with Gasteiger partial charge in [0.05, 0.1) is 24.4 Å². The van der Waals surface area contributed by atoms with Crippen LogP contribution >= 0.6 is 0 Å². The molecule has 8 heteroatoms. The number of aromatic nitrogens is 2. The normalized spacial score (nSPS) is 16.6. The smallest absolute Gasteiger partial charge is 0.413 e. The van der Waals surface area contributed by atoms with Crippen LogP contribution in [0.4, 0.5) is 10.6 Å². The molecule has 3 rings (SSSR count). The number of fused-ring (bicyclic) bond motifs is 3. The fraction of sp³-hybridized carbons (Fsp3) is 0.412. The Morgan fingerprint density at radius 2 is 2.12 bits per heavy atom. The maximum Gasteiger partial charge on any atom is 0.413 e. The molecule has 2 aromatic rings. The summed E-state index contributed by atoms with van der Waals surface area (Å²) in [7, 11) is 0. The van der Waals surface area contributed by atoms with Gasteiger partial charge in [0, 0.05) is 10.9 Å².